The van der Waals surface area contributed by atoms with E-state index in [9.17, 15) is 22.8 Å². The number of nitrogens with one attached hydrogen (secondary N) is 2. The van der Waals surface area contributed by atoms with Crippen molar-refractivity contribution in [1.82, 2.24) is 25.4 Å². The van der Waals surface area contributed by atoms with E-state index in [0.29, 0.717) is 10.6 Å². The van der Waals surface area contributed by atoms with Crippen molar-refractivity contribution < 1.29 is 22.8 Å². The predicted octanol–water partition coefficient (Wildman–Crippen LogP) is 4.54. The molecule has 7 nitrogen and oxygen atoms in total. The van der Waals surface area contributed by atoms with Crippen LogP contribution < -0.4 is 10.6 Å². The van der Waals surface area contributed by atoms with Crippen LogP contribution in [-0.4, -0.2) is 39.0 Å². The Morgan fingerprint density at radius 3 is 2.50 bits per heavy atom. The number of amides is 3. The molecule has 0 fully saturated rings. The topological polar surface area (TPSA) is 88.9 Å². The minimum Gasteiger partial charge on any atom is -0.341 e. The number of alkyl halides is 3. The molecule has 0 spiro atoms. The SMILES string of the molecule is CNC(=O)NC(=O)C(C)Sc1nnc(-c2ccccc2Cl)n1-c1cccc(C(F)(F)F)c1. The highest BCUT2D eigenvalue weighted by Gasteiger charge is 2.31. The molecular weight excluding hydrogens is 467 g/mol. The van der Waals surface area contributed by atoms with E-state index in [1.165, 1.54) is 30.7 Å². The molecule has 1 aromatic heterocycles. The minimum atomic E-state index is -4.55. The van der Waals surface area contributed by atoms with Gasteiger partial charge in [0.15, 0.2) is 11.0 Å². The Hall–Kier alpha value is -3.05. The molecule has 0 aliphatic carbocycles. The van der Waals surface area contributed by atoms with Crippen molar-refractivity contribution in [3.63, 3.8) is 0 Å². The van der Waals surface area contributed by atoms with Crippen LogP contribution in [0, 0.1) is 0 Å². The van der Waals surface area contributed by atoms with Gasteiger partial charge in [0, 0.05) is 12.6 Å². The Labute approximate surface area is 190 Å². The lowest BCUT2D eigenvalue weighted by Gasteiger charge is -2.15. The molecule has 1 atom stereocenters. The summed E-state index contributed by atoms with van der Waals surface area (Å²) in [5.41, 5.74) is -0.260. The fourth-order valence-corrected chi connectivity index (χ4v) is 3.79. The average molecular weight is 484 g/mol. The van der Waals surface area contributed by atoms with Gasteiger partial charge in [-0.15, -0.1) is 10.2 Å². The van der Waals surface area contributed by atoms with Gasteiger partial charge in [0.2, 0.25) is 5.91 Å². The first kappa shape index (κ1) is 23.6. The molecule has 3 rings (SSSR count). The van der Waals surface area contributed by atoms with Crippen molar-refractivity contribution in [2.75, 3.05) is 7.05 Å². The van der Waals surface area contributed by atoms with Gasteiger partial charge in [-0.25, -0.2) is 4.79 Å². The number of imide groups is 1. The van der Waals surface area contributed by atoms with E-state index in [4.69, 9.17) is 11.6 Å². The molecule has 0 radical (unpaired) electrons. The van der Waals surface area contributed by atoms with Crippen molar-refractivity contribution in [2.45, 2.75) is 23.5 Å². The van der Waals surface area contributed by atoms with Gasteiger partial charge < -0.3 is 5.32 Å². The summed E-state index contributed by atoms with van der Waals surface area (Å²) in [5.74, 6) is -0.399. The van der Waals surface area contributed by atoms with E-state index in [0.717, 1.165) is 23.9 Å². The quantitative estimate of drug-likeness (QED) is 0.520. The Balaban J connectivity index is 2.09. The second kappa shape index (κ2) is 9.61. The average Bonchev–Trinajstić information content (AvgIpc) is 3.16. The van der Waals surface area contributed by atoms with Crippen LogP contribution in [0.2, 0.25) is 5.02 Å². The number of halogens is 4. The molecule has 0 saturated heterocycles. The molecular formula is C20H17ClF3N5O2S. The normalized spacial score (nSPS) is 12.3. The summed E-state index contributed by atoms with van der Waals surface area (Å²) in [6.07, 6.45) is -4.55. The lowest BCUT2D eigenvalue weighted by atomic mass is 10.1. The molecule has 168 valence electrons. The summed E-state index contributed by atoms with van der Waals surface area (Å²) in [7, 11) is 1.36. The van der Waals surface area contributed by atoms with Crippen molar-refractivity contribution in [3.05, 3.63) is 59.1 Å². The third kappa shape index (κ3) is 5.22. The minimum absolute atomic E-state index is 0.140. The van der Waals surface area contributed by atoms with Gasteiger partial charge in [-0.05, 0) is 37.3 Å². The Morgan fingerprint density at radius 2 is 1.84 bits per heavy atom. The van der Waals surface area contributed by atoms with E-state index in [2.05, 4.69) is 20.8 Å². The number of urea groups is 1. The zero-order chi connectivity index (χ0) is 23.5. The Morgan fingerprint density at radius 1 is 1.12 bits per heavy atom. The first-order chi connectivity index (χ1) is 15.1. The van der Waals surface area contributed by atoms with E-state index < -0.39 is 28.9 Å². The number of benzene rings is 2. The lowest BCUT2D eigenvalue weighted by molar-refractivity contribution is -0.137. The zero-order valence-electron chi connectivity index (χ0n) is 16.8. The van der Waals surface area contributed by atoms with Crippen molar-refractivity contribution in [2.24, 2.45) is 0 Å². The van der Waals surface area contributed by atoms with E-state index in [-0.39, 0.29) is 16.7 Å². The molecule has 0 saturated carbocycles. The molecule has 3 aromatic rings. The molecule has 2 aromatic carbocycles. The molecule has 0 bridgehead atoms. The second-order valence-corrected chi connectivity index (χ2v) is 8.21. The van der Waals surface area contributed by atoms with Gasteiger partial charge in [-0.2, -0.15) is 13.2 Å². The van der Waals surface area contributed by atoms with Gasteiger partial charge in [-0.3, -0.25) is 14.7 Å². The Kier molecular flexibility index (Phi) is 7.09. The Bertz CT molecular complexity index is 1150. The first-order valence-corrected chi connectivity index (χ1v) is 10.4. The van der Waals surface area contributed by atoms with Gasteiger partial charge in [-0.1, -0.05) is 41.6 Å². The fourth-order valence-electron chi connectivity index (χ4n) is 2.71. The summed E-state index contributed by atoms with van der Waals surface area (Å²) in [4.78, 5) is 23.7. The largest absolute Gasteiger partial charge is 0.416 e. The number of nitrogens with zero attached hydrogens (tertiary/aromatic N) is 3. The molecule has 1 unspecified atom stereocenters. The van der Waals surface area contributed by atoms with Crippen LogP contribution in [0.3, 0.4) is 0 Å². The second-order valence-electron chi connectivity index (χ2n) is 6.50. The van der Waals surface area contributed by atoms with Crippen LogP contribution in [0.25, 0.3) is 17.1 Å². The van der Waals surface area contributed by atoms with E-state index in [1.807, 2.05) is 0 Å². The maximum atomic E-state index is 13.3. The molecule has 0 aliphatic rings. The number of carbonyl (C=O) groups is 2. The van der Waals surface area contributed by atoms with Crippen LogP contribution in [0.15, 0.2) is 53.7 Å². The van der Waals surface area contributed by atoms with Crippen molar-refractivity contribution in [1.29, 1.82) is 0 Å². The molecule has 2 N–H and O–H groups in total. The number of thioether (sulfide) groups is 1. The van der Waals surface area contributed by atoms with E-state index in [1.54, 1.807) is 24.3 Å². The highest BCUT2D eigenvalue weighted by Crippen LogP contribution is 2.35. The van der Waals surface area contributed by atoms with Gasteiger partial charge >= 0.3 is 12.2 Å². The predicted molar refractivity (Wildman–Crippen MR) is 115 cm³/mol. The number of aromatic nitrogens is 3. The van der Waals surface area contributed by atoms with Crippen molar-refractivity contribution >= 4 is 35.3 Å². The molecule has 1 heterocycles. The number of hydrogen-bond donors (Lipinski definition) is 2. The number of rotatable bonds is 5. The standard InChI is InChI=1S/C20H17ClF3N5O2S/c1-11(17(30)26-18(31)25-2)32-19-28-27-16(14-8-3-4-9-15(14)21)29(19)13-7-5-6-12(10-13)20(22,23)24/h3-11H,1-2H3,(H2,25,26,30,31). The molecule has 0 aliphatic heterocycles. The monoisotopic (exact) mass is 483 g/mol. The van der Waals surface area contributed by atoms with Gasteiger partial charge in [0.1, 0.15) is 0 Å². The van der Waals surface area contributed by atoms with Crippen LogP contribution in [0.1, 0.15) is 12.5 Å². The lowest BCUT2D eigenvalue weighted by Crippen LogP contribution is -2.41. The molecule has 3 amide bonds. The summed E-state index contributed by atoms with van der Waals surface area (Å²) in [5, 5.41) is 12.3. The highest BCUT2D eigenvalue weighted by molar-refractivity contribution is 8.00. The van der Waals surface area contributed by atoms with Crippen LogP contribution >= 0.6 is 23.4 Å². The number of carbonyl (C=O) groups excluding carboxylic acids is 2. The first-order valence-electron chi connectivity index (χ1n) is 9.19. The maximum absolute atomic E-state index is 13.3. The maximum Gasteiger partial charge on any atom is 0.416 e. The fraction of sp³-hybridized carbons (Fsp3) is 0.200. The summed E-state index contributed by atoms with van der Waals surface area (Å²) in [6.45, 7) is 1.53. The highest BCUT2D eigenvalue weighted by atomic mass is 35.5. The van der Waals surface area contributed by atoms with Crippen LogP contribution in [0.4, 0.5) is 18.0 Å². The summed E-state index contributed by atoms with van der Waals surface area (Å²) in [6, 6.07) is 10.7. The molecule has 32 heavy (non-hydrogen) atoms. The van der Waals surface area contributed by atoms with Crippen LogP contribution in [-0.2, 0) is 11.0 Å². The molecule has 12 heteroatoms. The smallest absolute Gasteiger partial charge is 0.341 e. The van der Waals surface area contributed by atoms with Crippen LogP contribution in [0.5, 0.6) is 0 Å². The third-order valence-corrected chi connectivity index (χ3v) is 5.67. The zero-order valence-corrected chi connectivity index (χ0v) is 18.3. The third-order valence-electron chi connectivity index (χ3n) is 4.30. The van der Waals surface area contributed by atoms with E-state index >= 15 is 0 Å². The van der Waals surface area contributed by atoms with Gasteiger partial charge in [0.05, 0.1) is 21.5 Å². The summed E-state index contributed by atoms with van der Waals surface area (Å²) >= 11 is 7.22. The van der Waals surface area contributed by atoms with Gasteiger partial charge in [0.25, 0.3) is 0 Å². The van der Waals surface area contributed by atoms with Crippen molar-refractivity contribution in [3.8, 4) is 17.1 Å². The number of hydrogen-bond acceptors (Lipinski definition) is 5. The summed E-state index contributed by atoms with van der Waals surface area (Å²) < 4.78 is 41.3.